The lowest BCUT2D eigenvalue weighted by atomic mass is 10.0. The third kappa shape index (κ3) is 3.04. The van der Waals surface area contributed by atoms with E-state index in [0.717, 1.165) is 29.8 Å². The van der Waals surface area contributed by atoms with Crippen LogP contribution in [0.5, 0.6) is 0 Å². The van der Waals surface area contributed by atoms with Crippen LogP contribution >= 0.6 is 11.8 Å². The number of nitrogens with one attached hydrogen (secondary N) is 2. The molecule has 0 radical (unpaired) electrons. The van der Waals surface area contributed by atoms with E-state index >= 15 is 0 Å². The van der Waals surface area contributed by atoms with E-state index in [1.165, 1.54) is 6.42 Å². The van der Waals surface area contributed by atoms with Crippen molar-refractivity contribution in [3.05, 3.63) is 0 Å². The molecule has 1 saturated heterocycles. The second-order valence-corrected chi connectivity index (χ2v) is 6.02. The van der Waals surface area contributed by atoms with E-state index in [-0.39, 0.29) is 0 Å². The van der Waals surface area contributed by atoms with Crippen molar-refractivity contribution in [2.45, 2.75) is 31.4 Å². The molecule has 0 aromatic heterocycles. The van der Waals surface area contributed by atoms with E-state index in [2.05, 4.69) is 22.5 Å². The molecule has 1 heterocycles. The molecule has 0 amide bonds. The lowest BCUT2D eigenvalue weighted by molar-refractivity contribution is 0.0724. The molecule has 0 spiro atoms. The van der Waals surface area contributed by atoms with Gasteiger partial charge in [-0.1, -0.05) is 6.92 Å². The smallest absolute Gasteiger partial charge is 0.191 e. The zero-order valence-electron chi connectivity index (χ0n) is 9.99. The summed E-state index contributed by atoms with van der Waals surface area (Å²) >= 11 is 1.82. The highest BCUT2D eigenvalue weighted by atomic mass is 32.2. The second-order valence-electron chi connectivity index (χ2n) is 4.92. The SMILES string of the molecule is CN=C(NCC1(O)CCSC1)NC1CC1C. The minimum Gasteiger partial charge on any atom is -0.387 e. The number of aliphatic hydroxyl groups is 1. The predicted octanol–water partition coefficient (Wildman–Crippen LogP) is 0.428. The highest BCUT2D eigenvalue weighted by Gasteiger charge is 2.35. The van der Waals surface area contributed by atoms with Gasteiger partial charge in [0.25, 0.3) is 0 Å². The number of hydrogen-bond donors (Lipinski definition) is 3. The van der Waals surface area contributed by atoms with E-state index in [4.69, 9.17) is 0 Å². The highest BCUT2D eigenvalue weighted by Crippen LogP contribution is 2.29. The summed E-state index contributed by atoms with van der Waals surface area (Å²) in [4.78, 5) is 4.17. The zero-order chi connectivity index (χ0) is 11.6. The minimum absolute atomic E-state index is 0.544. The van der Waals surface area contributed by atoms with Crippen LogP contribution in [0, 0.1) is 5.92 Å². The molecular weight excluding hydrogens is 222 g/mol. The maximum absolute atomic E-state index is 10.2. The van der Waals surface area contributed by atoms with Crippen LogP contribution in [0.25, 0.3) is 0 Å². The van der Waals surface area contributed by atoms with Gasteiger partial charge in [-0.2, -0.15) is 11.8 Å². The average Bonchev–Trinajstić information content (AvgIpc) is 2.76. The third-order valence-corrected chi connectivity index (χ3v) is 4.56. The van der Waals surface area contributed by atoms with Gasteiger partial charge in [-0.05, 0) is 24.5 Å². The van der Waals surface area contributed by atoms with E-state index < -0.39 is 5.60 Å². The molecule has 0 aromatic rings. The van der Waals surface area contributed by atoms with Crippen LogP contribution in [0.2, 0.25) is 0 Å². The predicted molar refractivity (Wildman–Crippen MR) is 69.0 cm³/mol. The minimum atomic E-state index is -0.544. The Bertz CT molecular complexity index is 276. The maximum atomic E-state index is 10.2. The average molecular weight is 243 g/mol. The number of rotatable bonds is 3. The topological polar surface area (TPSA) is 56.7 Å². The van der Waals surface area contributed by atoms with Gasteiger partial charge in [0.1, 0.15) is 0 Å². The molecule has 2 aliphatic rings. The van der Waals surface area contributed by atoms with Crippen molar-refractivity contribution in [1.82, 2.24) is 10.6 Å². The third-order valence-electron chi connectivity index (χ3n) is 3.32. The molecule has 0 aromatic carbocycles. The second kappa shape index (κ2) is 4.84. The summed E-state index contributed by atoms with van der Waals surface area (Å²) < 4.78 is 0. The van der Waals surface area contributed by atoms with Gasteiger partial charge in [-0.15, -0.1) is 0 Å². The van der Waals surface area contributed by atoms with Crippen LogP contribution in [-0.2, 0) is 0 Å². The molecule has 1 saturated carbocycles. The van der Waals surface area contributed by atoms with Crippen LogP contribution in [-0.4, -0.2) is 47.8 Å². The van der Waals surface area contributed by atoms with Gasteiger partial charge in [0, 0.05) is 25.4 Å². The molecule has 3 unspecified atom stereocenters. The van der Waals surface area contributed by atoms with Crippen LogP contribution in [0.3, 0.4) is 0 Å². The summed E-state index contributed by atoms with van der Waals surface area (Å²) in [6, 6.07) is 0.568. The van der Waals surface area contributed by atoms with Crippen LogP contribution in [0.1, 0.15) is 19.8 Å². The largest absolute Gasteiger partial charge is 0.387 e. The lowest BCUT2D eigenvalue weighted by Crippen LogP contribution is -2.48. The zero-order valence-corrected chi connectivity index (χ0v) is 10.8. The van der Waals surface area contributed by atoms with Crippen molar-refractivity contribution in [2.75, 3.05) is 25.1 Å². The van der Waals surface area contributed by atoms with Gasteiger partial charge in [-0.3, -0.25) is 4.99 Å². The Labute approximate surface area is 101 Å². The Morgan fingerprint density at radius 1 is 1.62 bits per heavy atom. The molecule has 92 valence electrons. The van der Waals surface area contributed by atoms with E-state index in [1.54, 1.807) is 7.05 Å². The Hall–Kier alpha value is -0.420. The van der Waals surface area contributed by atoms with Crippen LogP contribution in [0.4, 0.5) is 0 Å². The van der Waals surface area contributed by atoms with Gasteiger partial charge < -0.3 is 15.7 Å². The van der Waals surface area contributed by atoms with Gasteiger partial charge in [0.15, 0.2) is 5.96 Å². The lowest BCUT2D eigenvalue weighted by Gasteiger charge is -2.23. The van der Waals surface area contributed by atoms with Gasteiger partial charge in [-0.25, -0.2) is 0 Å². The van der Waals surface area contributed by atoms with Crippen molar-refractivity contribution in [3.8, 4) is 0 Å². The molecule has 1 aliphatic heterocycles. The Kier molecular flexibility index (Phi) is 3.64. The fourth-order valence-electron chi connectivity index (χ4n) is 1.88. The number of aliphatic imine (C=N–C) groups is 1. The van der Waals surface area contributed by atoms with E-state index in [9.17, 15) is 5.11 Å². The van der Waals surface area contributed by atoms with Crippen molar-refractivity contribution < 1.29 is 5.11 Å². The molecule has 0 bridgehead atoms. The number of guanidine groups is 1. The number of nitrogens with zero attached hydrogens (tertiary/aromatic N) is 1. The normalized spacial score (nSPS) is 38.6. The Morgan fingerprint density at radius 3 is 2.88 bits per heavy atom. The molecule has 16 heavy (non-hydrogen) atoms. The maximum Gasteiger partial charge on any atom is 0.191 e. The van der Waals surface area contributed by atoms with Crippen LogP contribution < -0.4 is 10.6 Å². The standard InChI is InChI=1S/C11H21N3OS/c1-8-5-9(8)14-10(12-2)13-6-11(15)3-4-16-7-11/h8-9,15H,3-7H2,1-2H3,(H2,12,13,14). The fraction of sp³-hybridized carbons (Fsp3) is 0.909. The summed E-state index contributed by atoms with van der Waals surface area (Å²) in [6.45, 7) is 2.83. The van der Waals surface area contributed by atoms with Crippen molar-refractivity contribution in [3.63, 3.8) is 0 Å². The first kappa shape index (κ1) is 12.0. The van der Waals surface area contributed by atoms with Crippen LogP contribution in [0.15, 0.2) is 4.99 Å². The molecule has 3 atom stereocenters. The molecule has 3 N–H and O–H groups in total. The van der Waals surface area contributed by atoms with Crippen molar-refractivity contribution in [2.24, 2.45) is 10.9 Å². The summed E-state index contributed by atoms with van der Waals surface area (Å²) in [5.41, 5.74) is -0.544. The molecule has 1 aliphatic carbocycles. The summed E-state index contributed by atoms with van der Waals surface area (Å²) in [5.74, 6) is 3.46. The monoisotopic (exact) mass is 243 g/mol. The van der Waals surface area contributed by atoms with Gasteiger partial charge >= 0.3 is 0 Å². The first-order valence-corrected chi connectivity index (χ1v) is 7.06. The van der Waals surface area contributed by atoms with E-state index in [1.807, 2.05) is 11.8 Å². The Balaban J connectivity index is 1.74. The fourth-order valence-corrected chi connectivity index (χ4v) is 3.17. The summed E-state index contributed by atoms with van der Waals surface area (Å²) in [6.07, 6.45) is 2.10. The first-order chi connectivity index (χ1) is 7.63. The molecule has 2 fully saturated rings. The molecule has 2 rings (SSSR count). The summed E-state index contributed by atoms with van der Waals surface area (Å²) in [7, 11) is 1.77. The van der Waals surface area contributed by atoms with Crippen molar-refractivity contribution in [1.29, 1.82) is 0 Å². The Morgan fingerprint density at radius 2 is 2.38 bits per heavy atom. The van der Waals surface area contributed by atoms with Gasteiger partial charge in [0.2, 0.25) is 0 Å². The highest BCUT2D eigenvalue weighted by molar-refractivity contribution is 7.99. The van der Waals surface area contributed by atoms with E-state index in [0.29, 0.717) is 12.6 Å². The number of hydrogen-bond acceptors (Lipinski definition) is 3. The van der Waals surface area contributed by atoms with Crippen molar-refractivity contribution >= 4 is 17.7 Å². The molecule has 5 heteroatoms. The molecular formula is C11H21N3OS. The summed E-state index contributed by atoms with van der Waals surface area (Å²) in [5, 5.41) is 16.7. The number of thioether (sulfide) groups is 1. The molecule has 4 nitrogen and oxygen atoms in total. The first-order valence-electron chi connectivity index (χ1n) is 5.90. The van der Waals surface area contributed by atoms with Gasteiger partial charge in [0.05, 0.1) is 5.60 Å². The quantitative estimate of drug-likeness (QED) is 0.497.